The SMILES string of the molecule is C=C(Nc1ncco1)c1cc(C(C)=O)n(C)c1Nc1ccc(I)cc1F. The van der Waals surface area contributed by atoms with Crippen LogP contribution in [-0.2, 0) is 7.05 Å². The van der Waals surface area contributed by atoms with Crippen molar-refractivity contribution in [1.29, 1.82) is 0 Å². The normalized spacial score (nSPS) is 10.6. The summed E-state index contributed by atoms with van der Waals surface area (Å²) in [7, 11) is 1.73. The van der Waals surface area contributed by atoms with E-state index in [-0.39, 0.29) is 17.6 Å². The van der Waals surface area contributed by atoms with Crippen LogP contribution >= 0.6 is 22.6 Å². The van der Waals surface area contributed by atoms with Gasteiger partial charge in [0.25, 0.3) is 6.01 Å². The van der Waals surface area contributed by atoms with Gasteiger partial charge in [-0.25, -0.2) is 9.37 Å². The van der Waals surface area contributed by atoms with E-state index in [0.29, 0.717) is 28.5 Å². The van der Waals surface area contributed by atoms with Crippen molar-refractivity contribution in [1.82, 2.24) is 9.55 Å². The second-order valence-electron chi connectivity index (χ2n) is 5.60. The van der Waals surface area contributed by atoms with Gasteiger partial charge in [-0.2, -0.15) is 0 Å². The van der Waals surface area contributed by atoms with Crippen molar-refractivity contribution in [3.05, 3.63) is 63.9 Å². The third kappa shape index (κ3) is 3.64. The minimum absolute atomic E-state index is 0.117. The van der Waals surface area contributed by atoms with E-state index in [0.717, 1.165) is 3.57 Å². The van der Waals surface area contributed by atoms with E-state index >= 15 is 0 Å². The Kier molecular flexibility index (Phi) is 5.12. The van der Waals surface area contributed by atoms with E-state index < -0.39 is 0 Å². The Labute approximate surface area is 163 Å². The molecule has 134 valence electrons. The molecule has 0 atom stereocenters. The van der Waals surface area contributed by atoms with Crippen LogP contribution in [0.3, 0.4) is 0 Å². The summed E-state index contributed by atoms with van der Waals surface area (Å²) in [5, 5.41) is 5.99. The molecule has 2 heterocycles. The van der Waals surface area contributed by atoms with Crippen LogP contribution in [0.5, 0.6) is 0 Å². The molecule has 0 saturated heterocycles. The fourth-order valence-corrected chi connectivity index (χ4v) is 2.98. The van der Waals surface area contributed by atoms with Crippen LogP contribution in [0.1, 0.15) is 23.0 Å². The fourth-order valence-electron chi connectivity index (χ4n) is 2.52. The zero-order valence-electron chi connectivity index (χ0n) is 14.1. The van der Waals surface area contributed by atoms with Gasteiger partial charge >= 0.3 is 0 Å². The van der Waals surface area contributed by atoms with Crippen LogP contribution in [0.4, 0.5) is 21.9 Å². The predicted octanol–water partition coefficient (Wildman–Crippen LogP) is 4.79. The van der Waals surface area contributed by atoms with Gasteiger partial charge in [-0.15, -0.1) is 0 Å². The number of rotatable bonds is 6. The molecule has 0 fully saturated rings. The third-order valence-electron chi connectivity index (χ3n) is 3.79. The number of ketones is 1. The van der Waals surface area contributed by atoms with Crippen molar-refractivity contribution in [2.45, 2.75) is 6.92 Å². The van der Waals surface area contributed by atoms with Gasteiger partial charge < -0.3 is 19.6 Å². The zero-order chi connectivity index (χ0) is 18.8. The van der Waals surface area contributed by atoms with Gasteiger partial charge in [-0.3, -0.25) is 4.79 Å². The van der Waals surface area contributed by atoms with Crippen molar-refractivity contribution in [3.8, 4) is 0 Å². The molecule has 0 amide bonds. The van der Waals surface area contributed by atoms with E-state index in [1.54, 1.807) is 29.8 Å². The Morgan fingerprint density at radius 1 is 1.38 bits per heavy atom. The number of nitrogens with zero attached hydrogens (tertiary/aromatic N) is 2. The predicted molar refractivity (Wildman–Crippen MR) is 107 cm³/mol. The molecule has 3 rings (SSSR count). The first-order chi connectivity index (χ1) is 12.4. The van der Waals surface area contributed by atoms with Gasteiger partial charge in [-0.05, 0) is 46.9 Å². The Morgan fingerprint density at radius 3 is 2.77 bits per heavy atom. The van der Waals surface area contributed by atoms with E-state index in [1.807, 2.05) is 22.6 Å². The number of anilines is 3. The molecule has 26 heavy (non-hydrogen) atoms. The Bertz CT molecular complexity index is 979. The van der Waals surface area contributed by atoms with Gasteiger partial charge in [0.15, 0.2) is 5.78 Å². The van der Waals surface area contributed by atoms with Crippen LogP contribution < -0.4 is 10.6 Å². The number of hydrogen-bond acceptors (Lipinski definition) is 5. The lowest BCUT2D eigenvalue weighted by Gasteiger charge is -2.14. The summed E-state index contributed by atoms with van der Waals surface area (Å²) in [6.45, 7) is 5.45. The monoisotopic (exact) mass is 466 g/mol. The molecule has 0 unspecified atom stereocenters. The van der Waals surface area contributed by atoms with E-state index in [9.17, 15) is 9.18 Å². The molecule has 6 nitrogen and oxygen atoms in total. The van der Waals surface area contributed by atoms with Crippen LogP contribution in [0.2, 0.25) is 0 Å². The van der Waals surface area contributed by atoms with Crippen LogP contribution in [0.15, 0.2) is 47.7 Å². The summed E-state index contributed by atoms with van der Waals surface area (Å²) in [5.41, 5.74) is 1.83. The van der Waals surface area contributed by atoms with E-state index in [4.69, 9.17) is 4.42 Å². The smallest absolute Gasteiger partial charge is 0.299 e. The van der Waals surface area contributed by atoms with Crippen LogP contribution in [0.25, 0.3) is 5.70 Å². The molecule has 0 bridgehead atoms. The topological polar surface area (TPSA) is 72.1 Å². The molecule has 0 spiro atoms. The van der Waals surface area contributed by atoms with Gasteiger partial charge in [0.1, 0.15) is 17.9 Å². The molecule has 0 aliphatic heterocycles. The number of hydrogen-bond donors (Lipinski definition) is 2. The highest BCUT2D eigenvalue weighted by atomic mass is 127. The van der Waals surface area contributed by atoms with Crippen molar-refractivity contribution in [2.75, 3.05) is 10.6 Å². The van der Waals surface area contributed by atoms with Crippen molar-refractivity contribution < 1.29 is 13.6 Å². The third-order valence-corrected chi connectivity index (χ3v) is 4.46. The lowest BCUT2D eigenvalue weighted by molar-refractivity contribution is 0.101. The molecule has 8 heteroatoms. The average Bonchev–Trinajstić information content (AvgIpc) is 3.18. The minimum Gasteiger partial charge on any atom is -0.432 e. The lowest BCUT2D eigenvalue weighted by atomic mass is 10.2. The van der Waals surface area contributed by atoms with E-state index in [1.165, 1.54) is 25.5 Å². The van der Waals surface area contributed by atoms with Crippen molar-refractivity contribution in [2.24, 2.45) is 7.05 Å². The molecule has 3 aromatic rings. The first-order valence-corrected chi connectivity index (χ1v) is 8.73. The number of carbonyl (C=O) groups is 1. The summed E-state index contributed by atoms with van der Waals surface area (Å²) in [5.74, 6) is 0.0212. The summed E-state index contributed by atoms with van der Waals surface area (Å²) in [6.07, 6.45) is 2.93. The molecule has 0 saturated carbocycles. The van der Waals surface area contributed by atoms with Gasteiger partial charge in [0.2, 0.25) is 0 Å². The zero-order valence-corrected chi connectivity index (χ0v) is 16.3. The standard InChI is InChI=1S/C18H16FIN4O2/c1-10(22-18-21-6-7-26-18)13-9-16(11(2)25)24(3)17(13)23-15-5-4-12(20)8-14(15)19/h4-9,23H,1H2,2-3H3,(H,21,22). The summed E-state index contributed by atoms with van der Waals surface area (Å²) >= 11 is 2.04. The average molecular weight is 466 g/mol. The summed E-state index contributed by atoms with van der Waals surface area (Å²) in [6, 6.07) is 6.83. The van der Waals surface area contributed by atoms with Crippen LogP contribution in [0, 0.1) is 9.39 Å². The van der Waals surface area contributed by atoms with E-state index in [2.05, 4.69) is 22.2 Å². The molecule has 0 aliphatic rings. The fraction of sp³-hybridized carbons (Fsp3) is 0.111. The number of oxazole rings is 1. The summed E-state index contributed by atoms with van der Waals surface area (Å²) in [4.78, 5) is 15.9. The lowest BCUT2D eigenvalue weighted by Crippen LogP contribution is -2.07. The van der Waals surface area contributed by atoms with Crippen molar-refractivity contribution >= 4 is 51.6 Å². The quantitative estimate of drug-likeness (QED) is 0.404. The summed E-state index contributed by atoms with van der Waals surface area (Å²) < 4.78 is 21.9. The van der Waals surface area contributed by atoms with Gasteiger partial charge in [-0.1, -0.05) is 6.58 Å². The first-order valence-electron chi connectivity index (χ1n) is 7.65. The molecule has 2 N–H and O–H groups in total. The maximum Gasteiger partial charge on any atom is 0.299 e. The molecule has 2 aromatic heterocycles. The first kappa shape index (κ1) is 18.2. The number of Topliss-reactive ketones (excluding diaryl/α,β-unsaturated/α-hetero) is 1. The number of benzene rings is 1. The highest BCUT2D eigenvalue weighted by Gasteiger charge is 2.19. The highest BCUT2D eigenvalue weighted by molar-refractivity contribution is 14.1. The molecule has 0 aliphatic carbocycles. The van der Waals surface area contributed by atoms with Crippen LogP contribution in [-0.4, -0.2) is 15.3 Å². The molecular formula is C18H16FIN4O2. The Hall–Kier alpha value is -2.62. The maximum atomic E-state index is 14.3. The second kappa shape index (κ2) is 7.32. The Morgan fingerprint density at radius 2 is 2.15 bits per heavy atom. The Balaban J connectivity index is 2.01. The van der Waals surface area contributed by atoms with Gasteiger partial charge in [0, 0.05) is 28.8 Å². The number of carbonyl (C=O) groups excluding carboxylic acids is 1. The van der Waals surface area contributed by atoms with Gasteiger partial charge in [0.05, 0.1) is 17.6 Å². The maximum absolute atomic E-state index is 14.3. The minimum atomic E-state index is -0.389. The van der Waals surface area contributed by atoms with Crippen molar-refractivity contribution in [3.63, 3.8) is 0 Å². The highest BCUT2D eigenvalue weighted by Crippen LogP contribution is 2.31. The number of nitrogens with one attached hydrogen (secondary N) is 2. The molecule has 1 aromatic carbocycles. The number of halogens is 2. The molecule has 0 radical (unpaired) electrons. The molecular weight excluding hydrogens is 450 g/mol. The second-order valence-corrected chi connectivity index (χ2v) is 6.84. The number of aromatic nitrogens is 2. The largest absolute Gasteiger partial charge is 0.432 e.